The Kier molecular flexibility index (Phi) is 2.68. The van der Waals surface area contributed by atoms with Crippen LogP contribution in [-0.2, 0) is 0 Å². The monoisotopic (exact) mass is 154 g/mol. The van der Waals surface area contributed by atoms with Crippen molar-refractivity contribution in [3.05, 3.63) is 24.2 Å². The van der Waals surface area contributed by atoms with Crippen LogP contribution in [0.25, 0.3) is 0 Å². The molecule has 1 rings (SSSR count). The van der Waals surface area contributed by atoms with Crippen LogP contribution >= 0.6 is 0 Å². The first-order valence-corrected chi connectivity index (χ1v) is 3.79. The van der Waals surface area contributed by atoms with Crippen LogP contribution in [0.5, 0.6) is 0 Å². The summed E-state index contributed by atoms with van der Waals surface area (Å²) < 4.78 is 4.89. The summed E-state index contributed by atoms with van der Waals surface area (Å²) in [6.45, 7) is 2.02. The number of nitrogens with two attached hydrogens (primary N) is 2. The van der Waals surface area contributed by atoms with Crippen molar-refractivity contribution in [3.8, 4) is 0 Å². The van der Waals surface area contributed by atoms with Crippen LogP contribution in [0.4, 0.5) is 0 Å². The summed E-state index contributed by atoms with van der Waals surface area (Å²) >= 11 is 0. The number of hydrogen-bond acceptors (Lipinski definition) is 3. The van der Waals surface area contributed by atoms with E-state index in [-0.39, 0.29) is 12.1 Å². The minimum Gasteiger partial charge on any atom is -0.472 e. The zero-order chi connectivity index (χ0) is 8.27. The van der Waals surface area contributed by atoms with Crippen molar-refractivity contribution < 1.29 is 4.42 Å². The van der Waals surface area contributed by atoms with Crippen LogP contribution < -0.4 is 11.5 Å². The van der Waals surface area contributed by atoms with Gasteiger partial charge in [-0.15, -0.1) is 0 Å². The first-order valence-electron chi connectivity index (χ1n) is 3.79. The van der Waals surface area contributed by atoms with Gasteiger partial charge in [0.15, 0.2) is 0 Å². The van der Waals surface area contributed by atoms with E-state index in [0.717, 1.165) is 12.0 Å². The first kappa shape index (κ1) is 8.30. The molecule has 3 nitrogen and oxygen atoms in total. The Labute approximate surface area is 66.4 Å². The predicted octanol–water partition coefficient (Wildman–Crippen LogP) is 1.02. The van der Waals surface area contributed by atoms with Crippen molar-refractivity contribution in [2.24, 2.45) is 11.5 Å². The van der Waals surface area contributed by atoms with Crippen LogP contribution in [-0.4, -0.2) is 6.04 Å². The van der Waals surface area contributed by atoms with Gasteiger partial charge < -0.3 is 15.9 Å². The van der Waals surface area contributed by atoms with Gasteiger partial charge in [-0.1, -0.05) is 6.92 Å². The molecule has 3 heteroatoms. The van der Waals surface area contributed by atoms with Gasteiger partial charge >= 0.3 is 0 Å². The zero-order valence-electron chi connectivity index (χ0n) is 6.66. The lowest BCUT2D eigenvalue weighted by atomic mass is 10.0. The minimum absolute atomic E-state index is 0.0209. The van der Waals surface area contributed by atoms with E-state index in [1.165, 1.54) is 0 Å². The molecule has 0 bridgehead atoms. The third-order valence-electron chi connectivity index (χ3n) is 1.86. The largest absolute Gasteiger partial charge is 0.472 e. The zero-order valence-corrected chi connectivity index (χ0v) is 6.66. The van der Waals surface area contributed by atoms with Gasteiger partial charge in [-0.2, -0.15) is 0 Å². The van der Waals surface area contributed by atoms with Gasteiger partial charge in [0.05, 0.1) is 12.5 Å². The number of rotatable bonds is 3. The lowest BCUT2D eigenvalue weighted by Crippen LogP contribution is -2.32. The average Bonchev–Trinajstić information content (AvgIpc) is 2.53. The van der Waals surface area contributed by atoms with E-state index in [0.29, 0.717) is 0 Å². The molecular weight excluding hydrogens is 140 g/mol. The number of hydrogen-bond donors (Lipinski definition) is 2. The van der Waals surface area contributed by atoms with Crippen LogP contribution in [0.1, 0.15) is 24.9 Å². The van der Waals surface area contributed by atoms with Crippen molar-refractivity contribution in [1.82, 2.24) is 0 Å². The maximum Gasteiger partial charge on any atom is 0.0950 e. The van der Waals surface area contributed by atoms with Gasteiger partial charge in [0.2, 0.25) is 0 Å². The molecule has 0 radical (unpaired) electrons. The fraction of sp³-hybridized carbons (Fsp3) is 0.500. The van der Waals surface area contributed by atoms with Crippen LogP contribution in [0.15, 0.2) is 23.0 Å². The Hall–Kier alpha value is -0.800. The Balaban J connectivity index is 2.62. The second-order valence-corrected chi connectivity index (χ2v) is 2.65. The quantitative estimate of drug-likeness (QED) is 0.683. The third-order valence-corrected chi connectivity index (χ3v) is 1.86. The summed E-state index contributed by atoms with van der Waals surface area (Å²) in [4.78, 5) is 0. The van der Waals surface area contributed by atoms with E-state index in [4.69, 9.17) is 15.9 Å². The highest BCUT2D eigenvalue weighted by molar-refractivity contribution is 5.12. The summed E-state index contributed by atoms with van der Waals surface area (Å²) in [5.41, 5.74) is 12.5. The van der Waals surface area contributed by atoms with Crippen LogP contribution in [0.2, 0.25) is 0 Å². The molecule has 11 heavy (non-hydrogen) atoms. The Bertz CT molecular complexity index is 196. The molecule has 0 aliphatic rings. The van der Waals surface area contributed by atoms with Gasteiger partial charge in [0, 0.05) is 17.6 Å². The molecule has 62 valence electrons. The average molecular weight is 154 g/mol. The van der Waals surface area contributed by atoms with E-state index in [9.17, 15) is 0 Å². The highest BCUT2D eigenvalue weighted by Gasteiger charge is 2.13. The summed E-state index contributed by atoms with van der Waals surface area (Å²) in [6.07, 6.45) is 4.13. The molecule has 0 saturated carbocycles. The second kappa shape index (κ2) is 3.55. The molecule has 2 atom stereocenters. The number of furan rings is 1. The van der Waals surface area contributed by atoms with Crippen LogP contribution in [0.3, 0.4) is 0 Å². The molecule has 0 aliphatic carbocycles. The third kappa shape index (κ3) is 1.82. The Morgan fingerprint density at radius 3 is 2.73 bits per heavy atom. The van der Waals surface area contributed by atoms with E-state index in [1.807, 2.05) is 13.0 Å². The van der Waals surface area contributed by atoms with Crippen molar-refractivity contribution >= 4 is 0 Å². The van der Waals surface area contributed by atoms with Crippen molar-refractivity contribution in [1.29, 1.82) is 0 Å². The SMILES string of the molecule is CCC(N)C(N)c1ccoc1. The summed E-state index contributed by atoms with van der Waals surface area (Å²) in [5.74, 6) is 0. The van der Waals surface area contributed by atoms with Gasteiger partial charge in [0.25, 0.3) is 0 Å². The molecule has 0 amide bonds. The molecule has 4 N–H and O–H groups in total. The summed E-state index contributed by atoms with van der Waals surface area (Å²) in [5, 5.41) is 0. The van der Waals surface area contributed by atoms with Gasteiger partial charge in [-0.3, -0.25) is 0 Å². The van der Waals surface area contributed by atoms with E-state index in [2.05, 4.69) is 0 Å². The molecule has 0 spiro atoms. The van der Waals surface area contributed by atoms with Crippen LogP contribution in [0, 0.1) is 0 Å². The van der Waals surface area contributed by atoms with E-state index in [1.54, 1.807) is 12.5 Å². The van der Waals surface area contributed by atoms with E-state index >= 15 is 0 Å². The van der Waals surface area contributed by atoms with E-state index < -0.39 is 0 Å². The van der Waals surface area contributed by atoms with Crippen molar-refractivity contribution in [2.75, 3.05) is 0 Å². The van der Waals surface area contributed by atoms with Crippen molar-refractivity contribution in [3.63, 3.8) is 0 Å². The highest BCUT2D eigenvalue weighted by Crippen LogP contribution is 2.14. The lowest BCUT2D eigenvalue weighted by Gasteiger charge is -2.15. The molecule has 0 aliphatic heterocycles. The maximum absolute atomic E-state index is 5.81. The van der Waals surface area contributed by atoms with Gasteiger partial charge in [-0.25, -0.2) is 0 Å². The minimum atomic E-state index is -0.0984. The maximum atomic E-state index is 5.81. The highest BCUT2D eigenvalue weighted by atomic mass is 16.3. The molecule has 1 heterocycles. The summed E-state index contributed by atoms with van der Waals surface area (Å²) in [7, 11) is 0. The lowest BCUT2D eigenvalue weighted by molar-refractivity contribution is 0.516. The van der Waals surface area contributed by atoms with Crippen molar-refractivity contribution in [2.45, 2.75) is 25.4 Å². The fourth-order valence-electron chi connectivity index (χ4n) is 0.966. The second-order valence-electron chi connectivity index (χ2n) is 2.65. The molecule has 1 aromatic rings. The molecule has 1 aromatic heterocycles. The predicted molar refractivity (Wildman–Crippen MR) is 43.9 cm³/mol. The first-order chi connectivity index (χ1) is 5.25. The Morgan fingerprint density at radius 1 is 1.55 bits per heavy atom. The molecule has 2 unspecified atom stereocenters. The molecule has 0 aromatic carbocycles. The summed E-state index contributed by atoms with van der Waals surface area (Å²) in [6, 6.07) is 1.77. The van der Waals surface area contributed by atoms with Gasteiger partial charge in [-0.05, 0) is 12.5 Å². The molecule has 0 saturated heterocycles. The molecular formula is C8H14N2O. The normalized spacial score (nSPS) is 16.3. The molecule has 0 fully saturated rings. The Morgan fingerprint density at radius 2 is 2.27 bits per heavy atom. The van der Waals surface area contributed by atoms with Gasteiger partial charge in [0.1, 0.15) is 0 Å². The topological polar surface area (TPSA) is 65.2 Å². The smallest absolute Gasteiger partial charge is 0.0950 e. The fourth-order valence-corrected chi connectivity index (χ4v) is 0.966. The standard InChI is InChI=1S/C8H14N2O/c1-2-7(9)8(10)6-3-4-11-5-6/h3-5,7-8H,2,9-10H2,1H3.